The fourth-order valence-corrected chi connectivity index (χ4v) is 5.53. The number of piperidine rings is 3. The van der Waals surface area contributed by atoms with Gasteiger partial charge in [0.1, 0.15) is 5.75 Å². The van der Waals surface area contributed by atoms with Crippen molar-refractivity contribution in [3.63, 3.8) is 0 Å². The Labute approximate surface area is 171 Å². The molecule has 3 atom stereocenters. The van der Waals surface area contributed by atoms with Crippen molar-refractivity contribution in [3.05, 3.63) is 47.8 Å². The number of rotatable bonds is 4. The van der Waals surface area contributed by atoms with E-state index in [1.165, 1.54) is 18.4 Å². The first-order valence-corrected chi connectivity index (χ1v) is 10.4. The van der Waals surface area contributed by atoms with Gasteiger partial charge >= 0.3 is 0 Å². The van der Waals surface area contributed by atoms with Gasteiger partial charge < -0.3 is 15.0 Å². The van der Waals surface area contributed by atoms with Crippen LogP contribution in [0.25, 0.3) is 0 Å². The van der Waals surface area contributed by atoms with Gasteiger partial charge in [-0.25, -0.2) is 9.97 Å². The maximum atomic E-state index is 13.4. The maximum Gasteiger partial charge on any atom is 0.257 e. The van der Waals surface area contributed by atoms with Crippen molar-refractivity contribution in [2.24, 2.45) is 5.92 Å². The number of hydrogen-bond acceptors (Lipinski definition) is 6. The van der Waals surface area contributed by atoms with E-state index in [9.17, 15) is 4.79 Å². The van der Waals surface area contributed by atoms with E-state index in [2.05, 4.69) is 37.2 Å². The number of fused-ring (bicyclic) bond motifs is 2. The maximum absolute atomic E-state index is 13.4. The Hall–Kier alpha value is -2.67. The zero-order chi connectivity index (χ0) is 20.0. The third kappa shape index (κ3) is 3.04. The van der Waals surface area contributed by atoms with Gasteiger partial charge in [-0.3, -0.25) is 9.69 Å². The van der Waals surface area contributed by atoms with Crippen LogP contribution in [0.1, 0.15) is 34.7 Å². The fraction of sp³-hybridized carbons (Fsp3) is 0.500. The van der Waals surface area contributed by atoms with Gasteiger partial charge in [0.2, 0.25) is 5.95 Å². The Morgan fingerprint density at radius 2 is 1.79 bits per heavy atom. The summed E-state index contributed by atoms with van der Waals surface area (Å²) in [5, 5.41) is 2.90. The summed E-state index contributed by atoms with van der Waals surface area (Å²) in [5.74, 6) is 2.33. The Balaban J connectivity index is 1.47. The van der Waals surface area contributed by atoms with E-state index < -0.39 is 0 Å². The molecule has 29 heavy (non-hydrogen) atoms. The second-order valence-corrected chi connectivity index (χ2v) is 8.24. The number of carbonyl (C=O) groups is 1. The summed E-state index contributed by atoms with van der Waals surface area (Å²) in [6.07, 6.45) is 5.63. The molecule has 1 amide bonds. The van der Waals surface area contributed by atoms with Crippen molar-refractivity contribution < 1.29 is 9.53 Å². The Morgan fingerprint density at radius 3 is 2.41 bits per heavy atom. The lowest BCUT2D eigenvalue weighted by atomic mass is 9.75. The van der Waals surface area contributed by atoms with Crippen molar-refractivity contribution in [2.75, 3.05) is 39.1 Å². The highest BCUT2D eigenvalue weighted by Gasteiger charge is 2.54. The minimum Gasteiger partial charge on any atom is -0.497 e. The molecule has 3 unspecified atom stereocenters. The Morgan fingerprint density at radius 1 is 1.10 bits per heavy atom. The summed E-state index contributed by atoms with van der Waals surface area (Å²) in [7, 11) is 3.46. The van der Waals surface area contributed by atoms with E-state index in [1.807, 2.05) is 12.1 Å². The first kappa shape index (κ1) is 18.4. The molecule has 5 heterocycles. The quantitative estimate of drug-likeness (QED) is 0.859. The molecule has 6 rings (SSSR count). The number of aromatic nitrogens is 2. The van der Waals surface area contributed by atoms with E-state index in [-0.39, 0.29) is 11.9 Å². The highest BCUT2D eigenvalue weighted by atomic mass is 16.5. The summed E-state index contributed by atoms with van der Waals surface area (Å²) in [5.41, 5.74) is 1.85. The molecule has 1 aromatic heterocycles. The van der Waals surface area contributed by atoms with Gasteiger partial charge in [-0.15, -0.1) is 0 Å². The van der Waals surface area contributed by atoms with Crippen LogP contribution in [-0.2, 0) is 0 Å². The van der Waals surface area contributed by atoms with Crippen LogP contribution in [0.3, 0.4) is 0 Å². The second kappa shape index (κ2) is 7.30. The van der Waals surface area contributed by atoms with Crippen molar-refractivity contribution in [3.8, 4) is 5.75 Å². The number of benzene rings is 1. The molecule has 1 aromatic carbocycles. The zero-order valence-corrected chi connectivity index (χ0v) is 16.9. The summed E-state index contributed by atoms with van der Waals surface area (Å²) < 4.78 is 5.33. The molecule has 4 fully saturated rings. The highest BCUT2D eigenvalue weighted by molar-refractivity contribution is 5.94. The van der Waals surface area contributed by atoms with E-state index in [4.69, 9.17) is 4.74 Å². The SMILES string of the molecule is CNc1ncc(C(=O)N2CC(c3ccc(OC)cc3)C3C2C2CCN3CC2)cn1. The number of nitrogens with one attached hydrogen (secondary N) is 1. The summed E-state index contributed by atoms with van der Waals surface area (Å²) in [6, 6.07) is 9.01. The Kier molecular flexibility index (Phi) is 4.62. The van der Waals surface area contributed by atoms with Crippen LogP contribution >= 0.6 is 0 Å². The summed E-state index contributed by atoms with van der Waals surface area (Å²) >= 11 is 0. The molecule has 0 spiro atoms. The fourth-order valence-electron chi connectivity index (χ4n) is 5.53. The number of carbonyl (C=O) groups excluding carboxylic acids is 1. The van der Waals surface area contributed by atoms with Crippen molar-refractivity contribution in [2.45, 2.75) is 30.8 Å². The van der Waals surface area contributed by atoms with Crippen LogP contribution in [-0.4, -0.2) is 71.6 Å². The molecule has 2 aromatic rings. The molecule has 4 aliphatic rings. The molecule has 7 heteroatoms. The van der Waals surface area contributed by atoms with Gasteiger partial charge in [-0.1, -0.05) is 12.1 Å². The van der Waals surface area contributed by atoms with Crippen LogP contribution < -0.4 is 10.1 Å². The lowest BCUT2D eigenvalue weighted by molar-refractivity contribution is -0.00343. The molecular weight excluding hydrogens is 366 g/mol. The lowest BCUT2D eigenvalue weighted by Gasteiger charge is -2.51. The number of methoxy groups -OCH3 is 1. The lowest BCUT2D eigenvalue weighted by Crippen LogP contribution is -2.60. The highest BCUT2D eigenvalue weighted by Crippen LogP contribution is 2.47. The van der Waals surface area contributed by atoms with E-state index in [0.29, 0.717) is 29.4 Å². The topological polar surface area (TPSA) is 70.6 Å². The number of anilines is 1. The number of nitrogens with zero attached hydrogens (tertiary/aromatic N) is 4. The van der Waals surface area contributed by atoms with Gasteiger partial charge in [0.15, 0.2) is 0 Å². The van der Waals surface area contributed by atoms with Gasteiger partial charge in [0.25, 0.3) is 5.91 Å². The molecule has 0 aliphatic carbocycles. The summed E-state index contributed by atoms with van der Waals surface area (Å²) in [4.78, 5) is 26.6. The molecule has 152 valence electrons. The molecule has 4 aliphatic heterocycles. The van der Waals surface area contributed by atoms with E-state index in [1.54, 1.807) is 26.6 Å². The average Bonchev–Trinajstić information content (AvgIpc) is 3.22. The van der Waals surface area contributed by atoms with Crippen molar-refractivity contribution >= 4 is 11.9 Å². The summed E-state index contributed by atoms with van der Waals surface area (Å²) in [6.45, 7) is 3.02. The van der Waals surface area contributed by atoms with Gasteiger partial charge in [-0.05, 0) is 49.5 Å². The van der Waals surface area contributed by atoms with E-state index in [0.717, 1.165) is 25.4 Å². The predicted octanol–water partition coefficient (Wildman–Crippen LogP) is 2.23. The molecule has 1 N–H and O–H groups in total. The molecule has 0 radical (unpaired) electrons. The van der Waals surface area contributed by atoms with Gasteiger partial charge in [0.05, 0.1) is 18.7 Å². The van der Waals surface area contributed by atoms with Crippen LogP contribution in [0.5, 0.6) is 5.75 Å². The Bertz CT molecular complexity index is 877. The van der Waals surface area contributed by atoms with Crippen LogP contribution in [0.15, 0.2) is 36.7 Å². The molecule has 4 saturated heterocycles. The van der Waals surface area contributed by atoms with Crippen molar-refractivity contribution in [1.82, 2.24) is 19.8 Å². The van der Waals surface area contributed by atoms with Crippen LogP contribution in [0.4, 0.5) is 5.95 Å². The van der Waals surface area contributed by atoms with Crippen LogP contribution in [0.2, 0.25) is 0 Å². The third-order valence-corrected chi connectivity index (χ3v) is 6.92. The normalized spacial score (nSPS) is 30.1. The van der Waals surface area contributed by atoms with Crippen LogP contribution in [0, 0.1) is 5.92 Å². The first-order chi connectivity index (χ1) is 14.2. The largest absolute Gasteiger partial charge is 0.497 e. The predicted molar refractivity (Wildman–Crippen MR) is 110 cm³/mol. The average molecular weight is 393 g/mol. The second-order valence-electron chi connectivity index (χ2n) is 8.24. The first-order valence-electron chi connectivity index (χ1n) is 10.4. The van der Waals surface area contributed by atoms with Crippen molar-refractivity contribution in [1.29, 1.82) is 0 Å². The number of likely N-dealkylation sites (tertiary alicyclic amines) is 1. The zero-order valence-electron chi connectivity index (χ0n) is 16.9. The monoisotopic (exact) mass is 393 g/mol. The molecular formula is C22H27N5O2. The molecule has 7 nitrogen and oxygen atoms in total. The smallest absolute Gasteiger partial charge is 0.257 e. The van der Waals surface area contributed by atoms with E-state index >= 15 is 0 Å². The molecule has 0 saturated carbocycles. The minimum atomic E-state index is 0.0485. The van der Waals surface area contributed by atoms with Gasteiger partial charge in [0, 0.05) is 37.9 Å². The number of hydrogen-bond donors (Lipinski definition) is 1. The standard InChI is InChI=1S/C22H27N5O2/c1-23-22-24-11-16(12-25-22)21(28)27-13-18(14-3-5-17(29-2)6-4-14)20-19(27)15-7-9-26(20)10-8-15/h3-6,11-12,15,18-20H,7-10,13H2,1-2H3,(H,23,24,25). The third-order valence-electron chi connectivity index (χ3n) is 6.92. The molecule has 2 bridgehead atoms. The number of ether oxygens (including phenoxy) is 1. The van der Waals surface area contributed by atoms with Gasteiger partial charge in [-0.2, -0.15) is 0 Å². The number of amides is 1. The minimum absolute atomic E-state index is 0.0485.